The van der Waals surface area contributed by atoms with Crippen LogP contribution in [0.4, 0.5) is 10.5 Å². The average molecular weight is 248 g/mol. The molecule has 1 aromatic rings. The van der Waals surface area contributed by atoms with Crippen molar-refractivity contribution in [3.05, 3.63) is 35.4 Å². The van der Waals surface area contributed by atoms with Gasteiger partial charge < -0.3 is 15.7 Å². The second-order valence-corrected chi connectivity index (χ2v) is 3.73. The number of anilines is 1. The van der Waals surface area contributed by atoms with E-state index in [1.165, 1.54) is 6.08 Å². The van der Waals surface area contributed by atoms with E-state index in [2.05, 4.69) is 10.6 Å². The quantitative estimate of drug-likeness (QED) is 0.715. The van der Waals surface area contributed by atoms with Crippen LogP contribution >= 0.6 is 0 Å². The molecule has 3 N–H and O–H groups in total. The Kier molecular flexibility index (Phi) is 4.92. The van der Waals surface area contributed by atoms with E-state index in [4.69, 9.17) is 5.11 Å². The maximum atomic E-state index is 11.3. The van der Waals surface area contributed by atoms with Gasteiger partial charge in [-0.3, -0.25) is 0 Å². The molecule has 0 spiro atoms. The lowest BCUT2D eigenvalue weighted by atomic mass is 10.1. The number of carboxylic acid groups (broad SMARTS) is 1. The van der Waals surface area contributed by atoms with Gasteiger partial charge in [0.15, 0.2) is 0 Å². The second-order valence-electron chi connectivity index (χ2n) is 3.73. The molecule has 5 nitrogen and oxygen atoms in total. The number of rotatable bonds is 4. The van der Waals surface area contributed by atoms with Gasteiger partial charge in [-0.2, -0.15) is 0 Å². The number of aliphatic carboxylic acids is 1. The first-order valence-corrected chi connectivity index (χ1v) is 5.59. The Morgan fingerprint density at radius 3 is 2.72 bits per heavy atom. The fraction of sp³-hybridized carbons (Fsp3) is 0.231. The van der Waals surface area contributed by atoms with Crippen molar-refractivity contribution in [1.82, 2.24) is 5.32 Å². The molecule has 2 amide bonds. The molecule has 0 heterocycles. The van der Waals surface area contributed by atoms with E-state index in [0.717, 1.165) is 17.2 Å². The van der Waals surface area contributed by atoms with Crippen LogP contribution in [0.5, 0.6) is 0 Å². The molecule has 96 valence electrons. The third kappa shape index (κ3) is 4.29. The van der Waals surface area contributed by atoms with Crippen LogP contribution in [-0.2, 0) is 4.79 Å². The summed E-state index contributed by atoms with van der Waals surface area (Å²) in [6.45, 7) is 4.25. The lowest BCUT2D eigenvalue weighted by molar-refractivity contribution is -0.131. The molecule has 0 saturated heterocycles. The van der Waals surface area contributed by atoms with Crippen molar-refractivity contribution in [2.75, 3.05) is 11.9 Å². The molecule has 1 aromatic carbocycles. The van der Waals surface area contributed by atoms with E-state index in [-0.39, 0.29) is 6.03 Å². The van der Waals surface area contributed by atoms with Crippen molar-refractivity contribution >= 4 is 23.8 Å². The number of amides is 2. The van der Waals surface area contributed by atoms with E-state index in [1.54, 1.807) is 12.1 Å². The van der Waals surface area contributed by atoms with Gasteiger partial charge >= 0.3 is 12.0 Å². The number of carboxylic acids is 1. The van der Waals surface area contributed by atoms with Crippen LogP contribution in [0.1, 0.15) is 18.1 Å². The number of urea groups is 1. The Labute approximate surface area is 106 Å². The minimum absolute atomic E-state index is 0.283. The summed E-state index contributed by atoms with van der Waals surface area (Å²) in [5, 5.41) is 13.9. The topological polar surface area (TPSA) is 78.4 Å². The molecule has 0 aliphatic heterocycles. The molecule has 0 aliphatic rings. The van der Waals surface area contributed by atoms with E-state index < -0.39 is 5.97 Å². The number of hydrogen-bond donors (Lipinski definition) is 3. The van der Waals surface area contributed by atoms with Crippen molar-refractivity contribution in [2.45, 2.75) is 13.8 Å². The highest BCUT2D eigenvalue weighted by Gasteiger charge is 2.02. The summed E-state index contributed by atoms with van der Waals surface area (Å²) in [4.78, 5) is 21.8. The van der Waals surface area contributed by atoms with Gasteiger partial charge in [-0.1, -0.05) is 6.07 Å². The molecule has 0 saturated carbocycles. The number of hydrogen-bond acceptors (Lipinski definition) is 2. The average Bonchev–Trinajstić information content (AvgIpc) is 2.30. The first kappa shape index (κ1) is 13.8. The first-order valence-electron chi connectivity index (χ1n) is 5.59. The van der Waals surface area contributed by atoms with Gasteiger partial charge in [-0.25, -0.2) is 9.59 Å². The van der Waals surface area contributed by atoms with Crippen LogP contribution in [0.2, 0.25) is 0 Å². The Balaban J connectivity index is 2.86. The SMILES string of the molecule is CCNC(=O)Nc1ccc(C)c(C=CC(=O)O)c1. The Morgan fingerprint density at radius 2 is 2.11 bits per heavy atom. The highest BCUT2D eigenvalue weighted by molar-refractivity contribution is 5.90. The van der Waals surface area contributed by atoms with Crippen molar-refractivity contribution in [3.63, 3.8) is 0 Å². The van der Waals surface area contributed by atoms with Gasteiger partial charge in [-0.05, 0) is 43.2 Å². The third-order valence-corrected chi connectivity index (χ3v) is 2.28. The van der Waals surface area contributed by atoms with Gasteiger partial charge in [0.1, 0.15) is 0 Å². The van der Waals surface area contributed by atoms with Crippen LogP contribution in [0.15, 0.2) is 24.3 Å². The lowest BCUT2D eigenvalue weighted by Gasteiger charge is -2.08. The molecule has 0 fully saturated rings. The number of benzene rings is 1. The van der Waals surface area contributed by atoms with Crippen LogP contribution in [-0.4, -0.2) is 23.7 Å². The second kappa shape index (κ2) is 6.44. The van der Waals surface area contributed by atoms with Crippen molar-refractivity contribution in [2.24, 2.45) is 0 Å². The van der Waals surface area contributed by atoms with Crippen molar-refractivity contribution in [1.29, 1.82) is 0 Å². The Morgan fingerprint density at radius 1 is 1.39 bits per heavy atom. The lowest BCUT2D eigenvalue weighted by Crippen LogP contribution is -2.28. The number of carbonyl (C=O) groups excluding carboxylic acids is 1. The smallest absolute Gasteiger partial charge is 0.328 e. The maximum absolute atomic E-state index is 11.3. The maximum Gasteiger partial charge on any atom is 0.328 e. The first-order chi connectivity index (χ1) is 8.52. The fourth-order valence-corrected chi connectivity index (χ4v) is 1.39. The molecule has 0 radical (unpaired) electrons. The van der Waals surface area contributed by atoms with Gasteiger partial charge in [0.25, 0.3) is 0 Å². The van der Waals surface area contributed by atoms with E-state index in [0.29, 0.717) is 12.2 Å². The molecule has 0 bridgehead atoms. The molecular weight excluding hydrogens is 232 g/mol. The summed E-state index contributed by atoms with van der Waals surface area (Å²) in [6, 6.07) is 5.03. The largest absolute Gasteiger partial charge is 0.478 e. The minimum Gasteiger partial charge on any atom is -0.478 e. The molecule has 5 heteroatoms. The summed E-state index contributed by atoms with van der Waals surface area (Å²) in [6.07, 6.45) is 2.57. The van der Waals surface area contributed by atoms with Gasteiger partial charge in [-0.15, -0.1) is 0 Å². The highest BCUT2D eigenvalue weighted by atomic mass is 16.4. The zero-order chi connectivity index (χ0) is 13.5. The molecule has 0 unspecified atom stereocenters. The van der Waals surface area contributed by atoms with Gasteiger partial charge in [0.05, 0.1) is 0 Å². The Bertz CT molecular complexity index is 481. The van der Waals surface area contributed by atoms with Crippen molar-refractivity contribution < 1.29 is 14.7 Å². The zero-order valence-corrected chi connectivity index (χ0v) is 10.4. The van der Waals surface area contributed by atoms with Crippen LogP contribution in [0.25, 0.3) is 6.08 Å². The molecule has 18 heavy (non-hydrogen) atoms. The predicted octanol–water partition coefficient (Wildman–Crippen LogP) is 2.23. The summed E-state index contributed by atoms with van der Waals surface area (Å²) >= 11 is 0. The van der Waals surface area contributed by atoms with Gasteiger partial charge in [0.2, 0.25) is 0 Å². The molecule has 0 atom stereocenters. The van der Waals surface area contributed by atoms with Crippen LogP contribution in [0.3, 0.4) is 0 Å². The summed E-state index contributed by atoms with van der Waals surface area (Å²) in [5.74, 6) is -1.00. The van der Waals surface area contributed by atoms with Crippen LogP contribution < -0.4 is 10.6 Å². The molecule has 0 aromatic heterocycles. The number of nitrogens with one attached hydrogen (secondary N) is 2. The summed E-state index contributed by atoms with van der Waals surface area (Å²) < 4.78 is 0. The minimum atomic E-state index is -1.00. The predicted molar refractivity (Wildman–Crippen MR) is 70.5 cm³/mol. The fourth-order valence-electron chi connectivity index (χ4n) is 1.39. The zero-order valence-electron chi connectivity index (χ0n) is 10.4. The molecule has 0 aliphatic carbocycles. The number of carbonyl (C=O) groups is 2. The standard InChI is InChI=1S/C13H16N2O3/c1-3-14-13(18)15-11-6-4-9(2)10(8-11)5-7-12(16)17/h4-8H,3H2,1-2H3,(H,16,17)(H2,14,15,18). The third-order valence-electron chi connectivity index (χ3n) is 2.28. The monoisotopic (exact) mass is 248 g/mol. The summed E-state index contributed by atoms with van der Waals surface area (Å²) in [7, 11) is 0. The molecule has 1 rings (SSSR count). The summed E-state index contributed by atoms with van der Waals surface area (Å²) in [5.41, 5.74) is 2.32. The molecular formula is C13H16N2O3. The van der Waals surface area contributed by atoms with E-state index >= 15 is 0 Å². The van der Waals surface area contributed by atoms with Gasteiger partial charge in [0, 0.05) is 18.3 Å². The number of aryl methyl sites for hydroxylation is 1. The van der Waals surface area contributed by atoms with E-state index in [9.17, 15) is 9.59 Å². The van der Waals surface area contributed by atoms with E-state index in [1.807, 2.05) is 19.9 Å². The van der Waals surface area contributed by atoms with Crippen molar-refractivity contribution in [3.8, 4) is 0 Å². The van der Waals surface area contributed by atoms with Crippen LogP contribution in [0, 0.1) is 6.92 Å². The highest BCUT2D eigenvalue weighted by Crippen LogP contribution is 2.16. The Hall–Kier alpha value is -2.30. The normalized spacial score (nSPS) is 10.3.